The first-order chi connectivity index (χ1) is 9.69. The van der Waals surface area contributed by atoms with Gasteiger partial charge in [0.15, 0.2) is 0 Å². The molecule has 1 atom stereocenters. The quantitative estimate of drug-likeness (QED) is 0.904. The number of rotatable bonds is 3. The molecule has 1 aliphatic rings. The van der Waals surface area contributed by atoms with E-state index in [2.05, 4.69) is 11.5 Å². The van der Waals surface area contributed by atoms with E-state index in [4.69, 9.17) is 0 Å². The molecule has 0 unspecified atom stereocenters. The van der Waals surface area contributed by atoms with Gasteiger partial charge in [-0.3, -0.25) is 0 Å². The monoisotopic (exact) mass is 276 g/mol. The van der Waals surface area contributed by atoms with Crippen LogP contribution in [0.2, 0.25) is 0 Å². The van der Waals surface area contributed by atoms with Gasteiger partial charge in [0.2, 0.25) is 0 Å². The first kappa shape index (κ1) is 13.4. The first-order valence-corrected chi connectivity index (χ1v) is 7.40. The zero-order valence-corrected chi connectivity index (χ0v) is 11.8. The first-order valence-electron chi connectivity index (χ1n) is 7.40. The maximum atomic E-state index is 13.5. The Kier molecular flexibility index (Phi) is 3.66. The molecule has 1 saturated heterocycles. The summed E-state index contributed by atoms with van der Waals surface area (Å²) in [5.74, 6) is 0.281. The number of piperidine rings is 1. The van der Waals surface area contributed by atoms with E-state index in [-0.39, 0.29) is 11.6 Å². The van der Waals surface area contributed by atoms with Crippen molar-refractivity contribution in [2.24, 2.45) is 5.92 Å². The van der Waals surface area contributed by atoms with Crippen molar-refractivity contribution >= 4 is 10.9 Å². The van der Waals surface area contributed by atoms with E-state index in [1.165, 1.54) is 25.0 Å². The largest absolute Gasteiger partial charge is 0.507 e. The van der Waals surface area contributed by atoms with Gasteiger partial charge < -0.3 is 15.0 Å². The lowest BCUT2D eigenvalue weighted by Gasteiger charge is -2.22. The van der Waals surface area contributed by atoms with Gasteiger partial charge in [0, 0.05) is 24.2 Å². The zero-order chi connectivity index (χ0) is 14.1. The summed E-state index contributed by atoms with van der Waals surface area (Å²) < 4.78 is 15.5. The summed E-state index contributed by atoms with van der Waals surface area (Å²) in [7, 11) is 0. The average molecular weight is 276 g/mol. The molecule has 2 N–H and O–H groups in total. The van der Waals surface area contributed by atoms with E-state index < -0.39 is 0 Å². The fourth-order valence-electron chi connectivity index (χ4n) is 3.28. The van der Waals surface area contributed by atoms with E-state index >= 15 is 0 Å². The number of aryl methyl sites for hydroxylation is 1. The van der Waals surface area contributed by atoms with Crippen molar-refractivity contribution in [2.75, 3.05) is 13.1 Å². The van der Waals surface area contributed by atoms with Gasteiger partial charge in [-0.25, -0.2) is 4.39 Å². The molecule has 0 aliphatic carbocycles. The second-order valence-electron chi connectivity index (χ2n) is 5.68. The molecule has 1 aromatic carbocycles. The van der Waals surface area contributed by atoms with Crippen molar-refractivity contribution in [3.05, 3.63) is 29.7 Å². The third-order valence-corrected chi connectivity index (χ3v) is 4.25. The van der Waals surface area contributed by atoms with E-state index in [0.29, 0.717) is 5.92 Å². The molecule has 1 aromatic heterocycles. The number of nitrogens with zero attached hydrogens (tertiary/aromatic N) is 1. The lowest BCUT2D eigenvalue weighted by Crippen LogP contribution is -2.30. The minimum Gasteiger partial charge on any atom is -0.507 e. The normalized spacial score (nSPS) is 19.6. The van der Waals surface area contributed by atoms with Gasteiger partial charge in [-0.05, 0) is 56.8 Å². The van der Waals surface area contributed by atoms with Crippen LogP contribution in [0.25, 0.3) is 10.9 Å². The predicted molar refractivity (Wildman–Crippen MR) is 78.5 cm³/mol. The van der Waals surface area contributed by atoms with Gasteiger partial charge in [0.25, 0.3) is 0 Å². The van der Waals surface area contributed by atoms with Crippen molar-refractivity contribution < 1.29 is 9.50 Å². The smallest absolute Gasteiger partial charge is 0.129 e. The van der Waals surface area contributed by atoms with Gasteiger partial charge in [-0.2, -0.15) is 0 Å². The van der Waals surface area contributed by atoms with Gasteiger partial charge in [0.1, 0.15) is 11.6 Å². The highest BCUT2D eigenvalue weighted by atomic mass is 19.1. The number of phenolic OH excluding ortho intramolecular Hbond substituents is 1. The highest BCUT2D eigenvalue weighted by Gasteiger charge is 2.19. The van der Waals surface area contributed by atoms with Crippen LogP contribution in [0.5, 0.6) is 5.75 Å². The van der Waals surface area contributed by atoms with Crippen LogP contribution < -0.4 is 5.32 Å². The molecular formula is C16H21FN2O. The zero-order valence-electron chi connectivity index (χ0n) is 11.8. The summed E-state index contributed by atoms with van der Waals surface area (Å²) in [6.07, 6.45) is 5.43. The van der Waals surface area contributed by atoms with E-state index in [1.54, 1.807) is 0 Å². The average Bonchev–Trinajstić information content (AvgIpc) is 2.78. The minimum atomic E-state index is -0.381. The molecule has 2 aromatic rings. The van der Waals surface area contributed by atoms with Crippen LogP contribution in [0.1, 0.15) is 25.3 Å². The Morgan fingerprint density at radius 3 is 3.00 bits per heavy atom. The number of benzene rings is 1. The molecule has 20 heavy (non-hydrogen) atoms. The van der Waals surface area contributed by atoms with Crippen LogP contribution in [-0.4, -0.2) is 22.8 Å². The number of fused-ring (bicyclic) bond motifs is 1. The Morgan fingerprint density at radius 2 is 2.30 bits per heavy atom. The lowest BCUT2D eigenvalue weighted by molar-refractivity contribution is 0.376. The summed E-state index contributed by atoms with van der Waals surface area (Å²) in [4.78, 5) is 0. The molecule has 0 saturated carbocycles. The number of nitrogens with one attached hydrogen (secondary N) is 1. The van der Waals surface area contributed by atoms with Crippen LogP contribution in [0.15, 0.2) is 18.3 Å². The topological polar surface area (TPSA) is 37.2 Å². The van der Waals surface area contributed by atoms with Crippen LogP contribution in [0, 0.1) is 11.7 Å². The summed E-state index contributed by atoms with van der Waals surface area (Å²) >= 11 is 0. The number of phenols is 1. The Hall–Kier alpha value is -1.55. The standard InChI is InChI=1S/C16H21FN2O/c1-2-19-10-12(6-11-4-3-5-18-9-11)16-14(19)7-13(17)8-15(16)20/h7-8,10-11,18,20H,2-6,9H2,1H3/t11-/m0/s1. The number of aromatic hydroxyl groups is 1. The Labute approximate surface area is 118 Å². The van der Waals surface area contributed by atoms with Crippen LogP contribution in [0.3, 0.4) is 0 Å². The molecule has 0 amide bonds. The molecule has 0 bridgehead atoms. The van der Waals surface area contributed by atoms with Crippen molar-refractivity contribution in [3.8, 4) is 5.75 Å². The summed E-state index contributed by atoms with van der Waals surface area (Å²) in [5.41, 5.74) is 1.93. The molecule has 108 valence electrons. The SMILES string of the molecule is CCn1cc(C[C@@H]2CCCNC2)c2c(O)cc(F)cc21. The predicted octanol–water partition coefficient (Wildman–Crippen LogP) is 3.05. The Balaban J connectivity index is 2.01. The third-order valence-electron chi connectivity index (χ3n) is 4.25. The summed E-state index contributed by atoms with van der Waals surface area (Å²) in [6, 6.07) is 2.73. The Bertz CT molecular complexity index is 614. The lowest BCUT2D eigenvalue weighted by atomic mass is 9.92. The molecule has 1 aliphatic heterocycles. The highest BCUT2D eigenvalue weighted by Crippen LogP contribution is 2.33. The summed E-state index contributed by atoms with van der Waals surface area (Å²) in [6.45, 7) is 4.94. The molecule has 1 fully saturated rings. The molecule has 3 nitrogen and oxygen atoms in total. The van der Waals surface area contributed by atoms with Crippen molar-refractivity contribution in [3.63, 3.8) is 0 Å². The number of hydrogen-bond donors (Lipinski definition) is 2. The molecule has 0 radical (unpaired) electrons. The maximum absolute atomic E-state index is 13.5. The maximum Gasteiger partial charge on any atom is 0.129 e. The molecule has 4 heteroatoms. The number of hydrogen-bond acceptors (Lipinski definition) is 2. The molecule has 2 heterocycles. The van der Waals surface area contributed by atoms with Crippen molar-refractivity contribution in [2.45, 2.75) is 32.7 Å². The van der Waals surface area contributed by atoms with Gasteiger partial charge in [-0.1, -0.05) is 0 Å². The van der Waals surface area contributed by atoms with Gasteiger partial charge >= 0.3 is 0 Å². The van der Waals surface area contributed by atoms with Crippen LogP contribution in [0.4, 0.5) is 4.39 Å². The van der Waals surface area contributed by atoms with E-state index in [0.717, 1.165) is 42.5 Å². The fraction of sp³-hybridized carbons (Fsp3) is 0.500. The second kappa shape index (κ2) is 5.44. The fourth-order valence-corrected chi connectivity index (χ4v) is 3.28. The minimum absolute atomic E-state index is 0.0611. The van der Waals surface area contributed by atoms with E-state index in [9.17, 15) is 9.50 Å². The number of aromatic nitrogens is 1. The van der Waals surface area contributed by atoms with Gasteiger partial charge in [-0.15, -0.1) is 0 Å². The van der Waals surface area contributed by atoms with Crippen molar-refractivity contribution in [1.29, 1.82) is 0 Å². The van der Waals surface area contributed by atoms with E-state index in [1.807, 2.05) is 11.5 Å². The number of halogens is 1. The van der Waals surface area contributed by atoms with Crippen LogP contribution in [-0.2, 0) is 13.0 Å². The van der Waals surface area contributed by atoms with Crippen molar-refractivity contribution in [1.82, 2.24) is 9.88 Å². The third kappa shape index (κ3) is 2.40. The van der Waals surface area contributed by atoms with Crippen LogP contribution >= 0.6 is 0 Å². The summed E-state index contributed by atoms with van der Waals surface area (Å²) in [5, 5.41) is 14.3. The molecular weight excluding hydrogens is 255 g/mol. The second-order valence-corrected chi connectivity index (χ2v) is 5.68. The highest BCUT2D eigenvalue weighted by molar-refractivity contribution is 5.89. The molecule has 3 rings (SSSR count). The molecule has 0 spiro atoms. The van der Waals surface area contributed by atoms with Gasteiger partial charge in [0.05, 0.1) is 5.52 Å². The Morgan fingerprint density at radius 1 is 1.45 bits per heavy atom.